The molecular formula is C13H20BrN3O2. The zero-order chi connectivity index (χ0) is 13.8. The summed E-state index contributed by atoms with van der Waals surface area (Å²) in [5, 5.41) is 4.42. The molecule has 1 aromatic rings. The maximum atomic E-state index is 11.7. The summed E-state index contributed by atoms with van der Waals surface area (Å²) in [6.45, 7) is 5.00. The number of nitrogens with zero attached hydrogens (tertiary/aromatic N) is 3. The Balaban J connectivity index is 1.83. The number of carbonyl (C=O) groups excluding carboxylic acids is 1. The fraction of sp³-hybridized carbons (Fsp3) is 0.692. The first-order valence-electron chi connectivity index (χ1n) is 6.67. The van der Waals surface area contributed by atoms with Gasteiger partial charge >= 0.3 is 5.97 Å². The predicted octanol–water partition coefficient (Wildman–Crippen LogP) is 1.96. The largest absolute Gasteiger partial charge is 0.466 e. The normalized spacial score (nSPS) is 17.6. The quantitative estimate of drug-likeness (QED) is 0.792. The second-order valence-corrected chi connectivity index (χ2v) is 5.75. The van der Waals surface area contributed by atoms with E-state index in [0.717, 1.165) is 42.6 Å². The lowest BCUT2D eigenvalue weighted by molar-refractivity contribution is -0.149. The van der Waals surface area contributed by atoms with Gasteiger partial charge in [0, 0.05) is 19.8 Å². The average Bonchev–Trinajstić information content (AvgIpc) is 2.69. The average molecular weight is 330 g/mol. The third kappa shape index (κ3) is 3.79. The molecule has 0 amide bonds. The maximum absolute atomic E-state index is 11.7. The van der Waals surface area contributed by atoms with Crippen LogP contribution in [0.2, 0.25) is 0 Å². The molecule has 2 rings (SSSR count). The molecule has 0 bridgehead atoms. The van der Waals surface area contributed by atoms with Crippen molar-refractivity contribution < 1.29 is 9.53 Å². The summed E-state index contributed by atoms with van der Waals surface area (Å²) < 4.78 is 7.93. The van der Waals surface area contributed by atoms with Gasteiger partial charge < -0.3 is 4.74 Å². The van der Waals surface area contributed by atoms with Crippen LogP contribution < -0.4 is 0 Å². The number of hydrogen-bond acceptors (Lipinski definition) is 4. The van der Waals surface area contributed by atoms with Gasteiger partial charge in [-0.1, -0.05) is 0 Å². The van der Waals surface area contributed by atoms with Crippen LogP contribution in [0.25, 0.3) is 0 Å². The van der Waals surface area contributed by atoms with Gasteiger partial charge in [-0.05, 0) is 48.8 Å². The zero-order valence-corrected chi connectivity index (χ0v) is 13.0. The van der Waals surface area contributed by atoms with Gasteiger partial charge in [0.05, 0.1) is 22.7 Å². The van der Waals surface area contributed by atoms with Crippen molar-refractivity contribution in [3.05, 3.63) is 16.4 Å². The molecule has 0 saturated carbocycles. The summed E-state index contributed by atoms with van der Waals surface area (Å²) in [6, 6.07) is 0. The Morgan fingerprint density at radius 3 is 2.74 bits per heavy atom. The standard InChI is InChI=1S/C13H20BrN3O2/c1-3-19-13(18)10-4-6-17(7-5-10)9-12-11(14)8-16(2)15-12/h8,10H,3-7,9H2,1-2H3. The second-order valence-electron chi connectivity index (χ2n) is 4.90. The fourth-order valence-electron chi connectivity index (χ4n) is 2.41. The van der Waals surface area contributed by atoms with E-state index in [1.807, 2.05) is 24.9 Å². The SMILES string of the molecule is CCOC(=O)C1CCN(Cc2nn(C)cc2Br)CC1. The molecule has 0 atom stereocenters. The van der Waals surface area contributed by atoms with E-state index in [2.05, 4.69) is 25.9 Å². The number of rotatable bonds is 4. The Morgan fingerprint density at radius 2 is 2.21 bits per heavy atom. The molecule has 19 heavy (non-hydrogen) atoms. The molecule has 1 saturated heterocycles. The van der Waals surface area contributed by atoms with E-state index in [0.29, 0.717) is 6.61 Å². The van der Waals surface area contributed by atoms with Crippen LogP contribution in [-0.2, 0) is 23.1 Å². The number of aromatic nitrogens is 2. The monoisotopic (exact) mass is 329 g/mol. The number of esters is 1. The lowest BCUT2D eigenvalue weighted by Crippen LogP contribution is -2.36. The predicted molar refractivity (Wildman–Crippen MR) is 75.5 cm³/mol. The lowest BCUT2D eigenvalue weighted by atomic mass is 9.97. The van der Waals surface area contributed by atoms with Crippen LogP contribution >= 0.6 is 15.9 Å². The third-order valence-corrected chi connectivity index (χ3v) is 4.10. The molecule has 1 aliphatic rings. The van der Waals surface area contributed by atoms with Gasteiger partial charge in [-0.3, -0.25) is 14.4 Å². The van der Waals surface area contributed by atoms with Gasteiger partial charge in [0.1, 0.15) is 0 Å². The smallest absolute Gasteiger partial charge is 0.309 e. The Bertz CT molecular complexity index is 439. The fourth-order valence-corrected chi connectivity index (χ4v) is 2.91. The highest BCUT2D eigenvalue weighted by Gasteiger charge is 2.26. The van der Waals surface area contributed by atoms with Gasteiger partial charge in [0.2, 0.25) is 0 Å². The Morgan fingerprint density at radius 1 is 1.53 bits per heavy atom. The van der Waals surface area contributed by atoms with Crippen LogP contribution in [0, 0.1) is 5.92 Å². The molecule has 0 unspecified atom stereocenters. The minimum Gasteiger partial charge on any atom is -0.466 e. The molecular weight excluding hydrogens is 310 g/mol. The Labute approximate surface area is 122 Å². The van der Waals surface area contributed by atoms with Gasteiger partial charge in [0.15, 0.2) is 0 Å². The summed E-state index contributed by atoms with van der Waals surface area (Å²) >= 11 is 3.52. The molecule has 0 aromatic carbocycles. The van der Waals surface area contributed by atoms with Crippen LogP contribution in [0.15, 0.2) is 10.7 Å². The first-order chi connectivity index (χ1) is 9.10. The molecule has 1 fully saturated rings. The number of carbonyl (C=O) groups is 1. The topological polar surface area (TPSA) is 47.4 Å². The van der Waals surface area contributed by atoms with Crippen LogP contribution in [0.5, 0.6) is 0 Å². The van der Waals surface area contributed by atoms with E-state index >= 15 is 0 Å². The van der Waals surface area contributed by atoms with Crippen LogP contribution in [0.3, 0.4) is 0 Å². The molecule has 1 aromatic heterocycles. The highest BCUT2D eigenvalue weighted by molar-refractivity contribution is 9.10. The van der Waals surface area contributed by atoms with Gasteiger partial charge in [0.25, 0.3) is 0 Å². The Kier molecular flexibility index (Phi) is 4.99. The van der Waals surface area contributed by atoms with Crippen LogP contribution in [-0.4, -0.2) is 40.3 Å². The number of hydrogen-bond donors (Lipinski definition) is 0. The minimum atomic E-state index is -0.0406. The molecule has 0 radical (unpaired) electrons. The summed E-state index contributed by atoms with van der Waals surface area (Å²) in [5.74, 6) is 0.0320. The maximum Gasteiger partial charge on any atom is 0.309 e. The number of likely N-dealkylation sites (tertiary alicyclic amines) is 1. The number of ether oxygens (including phenoxy) is 1. The van der Waals surface area contributed by atoms with Crippen molar-refractivity contribution in [2.24, 2.45) is 13.0 Å². The molecule has 6 heteroatoms. The van der Waals surface area contributed by atoms with Crippen LogP contribution in [0.1, 0.15) is 25.5 Å². The van der Waals surface area contributed by atoms with E-state index in [1.54, 1.807) is 0 Å². The lowest BCUT2D eigenvalue weighted by Gasteiger charge is -2.30. The summed E-state index contributed by atoms with van der Waals surface area (Å²) in [4.78, 5) is 14.0. The molecule has 0 aliphatic carbocycles. The molecule has 0 spiro atoms. The molecule has 5 nitrogen and oxygen atoms in total. The molecule has 1 aliphatic heterocycles. The van der Waals surface area contributed by atoms with Gasteiger partial charge in [-0.25, -0.2) is 0 Å². The van der Waals surface area contributed by atoms with Crippen molar-refractivity contribution in [3.8, 4) is 0 Å². The van der Waals surface area contributed by atoms with E-state index in [9.17, 15) is 4.79 Å². The van der Waals surface area contributed by atoms with E-state index in [-0.39, 0.29) is 11.9 Å². The highest BCUT2D eigenvalue weighted by atomic mass is 79.9. The molecule has 106 valence electrons. The summed E-state index contributed by atoms with van der Waals surface area (Å²) in [5.41, 5.74) is 1.05. The molecule has 2 heterocycles. The first kappa shape index (κ1) is 14.5. The Hall–Kier alpha value is -0.880. The van der Waals surface area contributed by atoms with Crippen molar-refractivity contribution >= 4 is 21.9 Å². The number of piperidine rings is 1. The van der Waals surface area contributed by atoms with Crippen LogP contribution in [0.4, 0.5) is 0 Å². The van der Waals surface area contributed by atoms with E-state index in [1.165, 1.54) is 0 Å². The first-order valence-corrected chi connectivity index (χ1v) is 7.46. The number of halogens is 1. The second kappa shape index (κ2) is 6.52. The zero-order valence-electron chi connectivity index (χ0n) is 11.4. The van der Waals surface area contributed by atoms with Crippen molar-refractivity contribution in [1.82, 2.24) is 14.7 Å². The van der Waals surface area contributed by atoms with Gasteiger partial charge in [-0.2, -0.15) is 5.10 Å². The van der Waals surface area contributed by atoms with Crippen molar-refractivity contribution in [2.75, 3.05) is 19.7 Å². The van der Waals surface area contributed by atoms with Crippen molar-refractivity contribution in [2.45, 2.75) is 26.3 Å². The highest BCUT2D eigenvalue weighted by Crippen LogP contribution is 2.22. The van der Waals surface area contributed by atoms with Gasteiger partial charge in [-0.15, -0.1) is 0 Å². The number of aryl methyl sites for hydroxylation is 1. The van der Waals surface area contributed by atoms with Crippen molar-refractivity contribution in [1.29, 1.82) is 0 Å². The van der Waals surface area contributed by atoms with E-state index < -0.39 is 0 Å². The summed E-state index contributed by atoms with van der Waals surface area (Å²) in [7, 11) is 1.92. The molecule has 0 N–H and O–H groups in total. The minimum absolute atomic E-state index is 0.0406. The summed E-state index contributed by atoms with van der Waals surface area (Å²) in [6.07, 6.45) is 3.72. The third-order valence-electron chi connectivity index (χ3n) is 3.44. The van der Waals surface area contributed by atoms with Crippen molar-refractivity contribution in [3.63, 3.8) is 0 Å². The van der Waals surface area contributed by atoms with E-state index in [4.69, 9.17) is 4.74 Å².